The normalized spacial score (nSPS) is 11.3. The molecule has 0 amide bonds. The average Bonchev–Trinajstić information content (AvgIpc) is 2.32. The van der Waals surface area contributed by atoms with Gasteiger partial charge in [-0.05, 0) is 33.4 Å². The molecule has 0 fully saturated rings. The van der Waals surface area contributed by atoms with E-state index >= 15 is 0 Å². The van der Waals surface area contributed by atoms with Crippen LogP contribution in [0.4, 0.5) is 5.82 Å². The lowest BCUT2D eigenvalue weighted by molar-refractivity contribution is 0.514. The van der Waals surface area contributed by atoms with Crippen molar-refractivity contribution in [2.75, 3.05) is 18.0 Å². The van der Waals surface area contributed by atoms with E-state index in [9.17, 15) is 0 Å². The number of hydrogen-bond acceptors (Lipinski definition) is 3. The van der Waals surface area contributed by atoms with Gasteiger partial charge in [0.15, 0.2) is 0 Å². The third-order valence-corrected chi connectivity index (χ3v) is 2.81. The van der Waals surface area contributed by atoms with Gasteiger partial charge in [0.1, 0.15) is 5.82 Å². The Morgan fingerprint density at radius 1 is 1.44 bits per heavy atom. The first kappa shape index (κ1) is 14.7. The van der Waals surface area contributed by atoms with E-state index in [0.717, 1.165) is 25.5 Å². The van der Waals surface area contributed by atoms with Gasteiger partial charge in [0.25, 0.3) is 0 Å². The van der Waals surface area contributed by atoms with Crippen molar-refractivity contribution in [3.05, 3.63) is 36.5 Å². The molecule has 0 atom stereocenters. The number of hydrogen-bond donors (Lipinski definition) is 1. The van der Waals surface area contributed by atoms with Crippen molar-refractivity contribution in [2.45, 2.75) is 39.8 Å². The molecular formula is C15H25N3. The molecule has 1 N–H and O–H groups in total. The predicted molar refractivity (Wildman–Crippen MR) is 78.9 cm³/mol. The highest BCUT2D eigenvalue weighted by atomic mass is 15.2. The number of pyridine rings is 1. The van der Waals surface area contributed by atoms with Crippen LogP contribution in [-0.2, 0) is 6.54 Å². The lowest BCUT2D eigenvalue weighted by Crippen LogP contribution is -2.43. The second-order valence-corrected chi connectivity index (χ2v) is 5.34. The van der Waals surface area contributed by atoms with E-state index in [1.807, 2.05) is 18.3 Å². The van der Waals surface area contributed by atoms with Crippen LogP contribution in [0.2, 0.25) is 0 Å². The zero-order valence-corrected chi connectivity index (χ0v) is 12.0. The average molecular weight is 247 g/mol. The molecule has 0 aromatic carbocycles. The third kappa shape index (κ3) is 3.84. The minimum atomic E-state index is 0.0313. The molecular weight excluding hydrogens is 222 g/mol. The van der Waals surface area contributed by atoms with Crippen molar-refractivity contribution >= 4 is 5.82 Å². The summed E-state index contributed by atoms with van der Waals surface area (Å²) in [6.07, 6.45) is 3.78. The van der Waals surface area contributed by atoms with Gasteiger partial charge in [0.2, 0.25) is 0 Å². The molecule has 0 bridgehead atoms. The molecule has 1 aromatic heterocycles. The molecule has 100 valence electrons. The summed E-state index contributed by atoms with van der Waals surface area (Å²) < 4.78 is 0. The first-order chi connectivity index (χ1) is 8.50. The fourth-order valence-electron chi connectivity index (χ4n) is 1.88. The Morgan fingerprint density at radius 2 is 2.17 bits per heavy atom. The molecule has 0 aliphatic carbocycles. The van der Waals surface area contributed by atoms with E-state index in [4.69, 9.17) is 0 Å². The van der Waals surface area contributed by atoms with Gasteiger partial charge in [-0.25, -0.2) is 4.98 Å². The number of anilines is 1. The van der Waals surface area contributed by atoms with Crippen LogP contribution in [0.25, 0.3) is 0 Å². The smallest absolute Gasteiger partial charge is 0.133 e. The zero-order chi connectivity index (χ0) is 13.6. The lowest BCUT2D eigenvalue weighted by Gasteiger charge is -2.37. The van der Waals surface area contributed by atoms with Crippen LogP contribution in [-0.4, -0.2) is 23.6 Å². The monoisotopic (exact) mass is 247 g/mol. The van der Waals surface area contributed by atoms with Crippen LogP contribution in [0.3, 0.4) is 0 Å². The van der Waals surface area contributed by atoms with Gasteiger partial charge in [-0.2, -0.15) is 0 Å². The Balaban J connectivity index is 3.07. The van der Waals surface area contributed by atoms with Gasteiger partial charge >= 0.3 is 0 Å². The van der Waals surface area contributed by atoms with E-state index in [-0.39, 0.29) is 5.54 Å². The van der Waals surface area contributed by atoms with Crippen molar-refractivity contribution in [1.82, 2.24) is 10.3 Å². The Labute approximate surface area is 111 Å². The summed E-state index contributed by atoms with van der Waals surface area (Å²) in [4.78, 5) is 6.84. The highest BCUT2D eigenvalue weighted by Gasteiger charge is 2.23. The third-order valence-electron chi connectivity index (χ3n) is 2.81. The molecule has 0 aliphatic heterocycles. The van der Waals surface area contributed by atoms with Gasteiger partial charge in [-0.3, -0.25) is 0 Å². The highest BCUT2D eigenvalue weighted by molar-refractivity contribution is 5.49. The molecule has 0 unspecified atom stereocenters. The molecule has 1 heterocycles. The van der Waals surface area contributed by atoms with Crippen LogP contribution in [0.1, 0.15) is 33.3 Å². The maximum absolute atomic E-state index is 4.56. The van der Waals surface area contributed by atoms with Crippen molar-refractivity contribution in [1.29, 1.82) is 0 Å². The van der Waals surface area contributed by atoms with Gasteiger partial charge < -0.3 is 10.2 Å². The fourth-order valence-corrected chi connectivity index (χ4v) is 1.88. The lowest BCUT2D eigenvalue weighted by atomic mass is 10.0. The van der Waals surface area contributed by atoms with Crippen LogP contribution >= 0.6 is 0 Å². The van der Waals surface area contributed by atoms with E-state index in [0.29, 0.717) is 0 Å². The maximum atomic E-state index is 4.56. The van der Waals surface area contributed by atoms with E-state index in [1.54, 1.807) is 0 Å². The molecule has 0 aliphatic rings. The van der Waals surface area contributed by atoms with Crippen molar-refractivity contribution < 1.29 is 0 Å². The highest BCUT2D eigenvalue weighted by Crippen LogP contribution is 2.25. The van der Waals surface area contributed by atoms with Crippen LogP contribution in [0.15, 0.2) is 31.0 Å². The molecule has 0 saturated carbocycles. The molecule has 3 heteroatoms. The minimum Gasteiger partial charge on any atom is -0.348 e. The molecule has 1 rings (SSSR count). The Hall–Kier alpha value is -1.35. The maximum Gasteiger partial charge on any atom is 0.133 e. The SMILES string of the molecule is C=CCN(c1ncccc1CNCC)C(C)(C)C. The van der Waals surface area contributed by atoms with Gasteiger partial charge in [0, 0.05) is 30.4 Å². The second kappa shape index (κ2) is 6.55. The molecule has 0 saturated heterocycles. The standard InChI is InChI=1S/C15H25N3/c1-6-11-18(15(3,4)5)14-13(12-16-7-2)9-8-10-17-14/h6,8-10,16H,1,7,11-12H2,2-5H3. The Morgan fingerprint density at radius 3 is 2.72 bits per heavy atom. The summed E-state index contributed by atoms with van der Waals surface area (Å²) in [6, 6.07) is 4.12. The van der Waals surface area contributed by atoms with Gasteiger partial charge in [0.05, 0.1) is 0 Å². The zero-order valence-electron chi connectivity index (χ0n) is 12.0. The van der Waals surface area contributed by atoms with Crippen molar-refractivity contribution in [3.63, 3.8) is 0 Å². The van der Waals surface area contributed by atoms with E-state index in [1.165, 1.54) is 5.56 Å². The second-order valence-electron chi connectivity index (χ2n) is 5.34. The number of nitrogens with zero attached hydrogens (tertiary/aromatic N) is 2. The predicted octanol–water partition coefficient (Wildman–Crippen LogP) is 2.98. The number of nitrogens with one attached hydrogen (secondary N) is 1. The Kier molecular flexibility index (Phi) is 5.35. The quantitative estimate of drug-likeness (QED) is 0.783. The first-order valence-electron chi connectivity index (χ1n) is 6.53. The summed E-state index contributed by atoms with van der Waals surface area (Å²) in [6.45, 7) is 15.2. The van der Waals surface area contributed by atoms with Crippen LogP contribution in [0, 0.1) is 0 Å². The van der Waals surface area contributed by atoms with E-state index in [2.05, 4.69) is 55.5 Å². The summed E-state index contributed by atoms with van der Waals surface area (Å²) in [5.74, 6) is 1.05. The first-order valence-corrected chi connectivity index (χ1v) is 6.53. The largest absolute Gasteiger partial charge is 0.348 e. The molecule has 3 nitrogen and oxygen atoms in total. The summed E-state index contributed by atoms with van der Waals surface area (Å²) in [5.41, 5.74) is 1.26. The summed E-state index contributed by atoms with van der Waals surface area (Å²) in [7, 11) is 0. The molecule has 18 heavy (non-hydrogen) atoms. The van der Waals surface area contributed by atoms with Crippen molar-refractivity contribution in [2.24, 2.45) is 0 Å². The topological polar surface area (TPSA) is 28.2 Å². The van der Waals surface area contributed by atoms with Gasteiger partial charge in [-0.1, -0.05) is 19.1 Å². The van der Waals surface area contributed by atoms with E-state index < -0.39 is 0 Å². The molecule has 1 aromatic rings. The Bertz CT molecular complexity index is 380. The van der Waals surface area contributed by atoms with Crippen LogP contribution < -0.4 is 10.2 Å². The minimum absolute atomic E-state index is 0.0313. The molecule has 0 spiro atoms. The van der Waals surface area contributed by atoms with Crippen LogP contribution in [0.5, 0.6) is 0 Å². The molecule has 0 radical (unpaired) electrons. The number of aromatic nitrogens is 1. The van der Waals surface area contributed by atoms with Gasteiger partial charge in [-0.15, -0.1) is 6.58 Å². The van der Waals surface area contributed by atoms with Crippen molar-refractivity contribution in [3.8, 4) is 0 Å². The fraction of sp³-hybridized carbons (Fsp3) is 0.533. The summed E-state index contributed by atoms with van der Waals surface area (Å²) in [5, 5.41) is 3.36. The summed E-state index contributed by atoms with van der Waals surface area (Å²) >= 11 is 0. The number of rotatable bonds is 6.